The molecule has 1 heterocycles. The summed E-state index contributed by atoms with van der Waals surface area (Å²) in [6, 6.07) is 14.5. The molecule has 2 aromatic carbocycles. The maximum absolute atomic E-state index is 14.3. The summed E-state index contributed by atoms with van der Waals surface area (Å²) in [5.74, 6) is -4.22. The van der Waals surface area contributed by atoms with E-state index < -0.39 is 35.3 Å². The van der Waals surface area contributed by atoms with Crippen LogP contribution in [0.1, 0.15) is 53.4 Å². The SMILES string of the molecule is COc1ccc(C(=O)CNC(=O)[C@@H]2C3CCC4=Cc5c(cnn5-c5ccc(C)cc5)C[C@]4(C)C3=CC[C@H]2C(F)(F)F)cc1. The van der Waals surface area contributed by atoms with E-state index in [1.54, 1.807) is 30.3 Å². The zero-order valence-electron chi connectivity index (χ0n) is 24.4. The predicted octanol–water partition coefficient (Wildman–Crippen LogP) is 6.67. The Morgan fingerprint density at radius 3 is 2.51 bits per heavy atom. The molecule has 3 aliphatic carbocycles. The molecule has 0 aliphatic heterocycles. The second kappa shape index (κ2) is 10.8. The normalized spacial score (nSPS) is 24.6. The molecule has 3 aliphatic rings. The number of nitrogens with zero attached hydrogens (tertiary/aromatic N) is 2. The van der Waals surface area contributed by atoms with E-state index in [4.69, 9.17) is 4.74 Å². The van der Waals surface area contributed by atoms with Crippen LogP contribution >= 0.6 is 0 Å². The summed E-state index contributed by atoms with van der Waals surface area (Å²) in [5, 5.41) is 7.22. The van der Waals surface area contributed by atoms with Gasteiger partial charge in [-0.15, -0.1) is 0 Å². The first-order valence-corrected chi connectivity index (χ1v) is 14.6. The molecule has 4 atom stereocenters. The number of rotatable bonds is 6. The Morgan fingerprint density at radius 2 is 1.84 bits per heavy atom. The molecule has 0 bridgehead atoms. The lowest BCUT2D eigenvalue weighted by atomic mass is 9.54. The van der Waals surface area contributed by atoms with E-state index in [0.29, 0.717) is 30.6 Å². The number of amides is 1. The zero-order valence-corrected chi connectivity index (χ0v) is 24.4. The number of alkyl halides is 3. The van der Waals surface area contributed by atoms with Gasteiger partial charge in [0.15, 0.2) is 5.78 Å². The van der Waals surface area contributed by atoms with Crippen molar-refractivity contribution in [1.29, 1.82) is 0 Å². The van der Waals surface area contributed by atoms with Crippen LogP contribution in [0.25, 0.3) is 11.8 Å². The molecule has 0 spiro atoms. The van der Waals surface area contributed by atoms with Crippen LogP contribution in [0.3, 0.4) is 0 Å². The summed E-state index contributed by atoms with van der Waals surface area (Å²) in [6.45, 7) is 3.74. The van der Waals surface area contributed by atoms with Crippen molar-refractivity contribution in [1.82, 2.24) is 15.1 Å². The first-order chi connectivity index (χ1) is 20.5. The Balaban J connectivity index is 1.27. The Morgan fingerprint density at radius 1 is 1.12 bits per heavy atom. The van der Waals surface area contributed by atoms with Crippen molar-refractivity contribution in [3.63, 3.8) is 0 Å². The minimum absolute atomic E-state index is 0.266. The predicted molar refractivity (Wildman–Crippen MR) is 157 cm³/mol. The van der Waals surface area contributed by atoms with Gasteiger partial charge in [-0.3, -0.25) is 9.59 Å². The van der Waals surface area contributed by atoms with E-state index in [1.807, 2.05) is 42.1 Å². The number of nitrogens with one attached hydrogen (secondary N) is 1. The van der Waals surface area contributed by atoms with Gasteiger partial charge in [0.2, 0.25) is 5.91 Å². The number of carbonyl (C=O) groups is 2. The molecule has 6 nitrogen and oxygen atoms in total. The molecule has 1 amide bonds. The third kappa shape index (κ3) is 5.19. The van der Waals surface area contributed by atoms with Gasteiger partial charge in [0.05, 0.1) is 43.1 Å². The Bertz CT molecular complexity index is 1620. The van der Waals surface area contributed by atoms with Crippen LogP contribution in [0.4, 0.5) is 13.2 Å². The minimum Gasteiger partial charge on any atom is -0.497 e. The summed E-state index contributed by atoms with van der Waals surface area (Å²) < 4.78 is 50.1. The number of carbonyl (C=O) groups excluding carboxylic acids is 2. The molecule has 1 fully saturated rings. The van der Waals surface area contributed by atoms with Gasteiger partial charge < -0.3 is 10.1 Å². The van der Waals surface area contributed by atoms with Crippen molar-refractivity contribution in [2.45, 2.75) is 45.7 Å². The van der Waals surface area contributed by atoms with Crippen molar-refractivity contribution in [2.75, 3.05) is 13.7 Å². The topological polar surface area (TPSA) is 73.2 Å². The average molecular weight is 590 g/mol. The lowest BCUT2D eigenvalue weighted by Gasteiger charge is -2.50. The maximum atomic E-state index is 14.3. The molecular formula is C34H34F3N3O3. The number of halogens is 3. The highest BCUT2D eigenvalue weighted by atomic mass is 19.4. The smallest absolute Gasteiger partial charge is 0.392 e. The van der Waals surface area contributed by atoms with Crippen LogP contribution < -0.4 is 10.1 Å². The summed E-state index contributed by atoms with van der Waals surface area (Å²) >= 11 is 0. The lowest BCUT2D eigenvalue weighted by Crippen LogP contribution is -2.51. The van der Waals surface area contributed by atoms with Gasteiger partial charge in [0.1, 0.15) is 5.75 Å². The van der Waals surface area contributed by atoms with Crippen LogP contribution in [0.2, 0.25) is 0 Å². The highest BCUT2D eigenvalue weighted by Crippen LogP contribution is 2.58. The van der Waals surface area contributed by atoms with Crippen molar-refractivity contribution < 1.29 is 27.5 Å². The highest BCUT2D eigenvalue weighted by Gasteiger charge is 2.56. The molecule has 1 aromatic heterocycles. The monoisotopic (exact) mass is 589 g/mol. The summed E-state index contributed by atoms with van der Waals surface area (Å²) in [5.41, 5.74) is 6.00. The molecule has 43 heavy (non-hydrogen) atoms. The first kappa shape index (κ1) is 29.0. The van der Waals surface area contributed by atoms with E-state index >= 15 is 0 Å². The van der Waals surface area contributed by atoms with E-state index in [1.165, 1.54) is 7.11 Å². The Hall–Kier alpha value is -4.14. The third-order valence-electron chi connectivity index (χ3n) is 9.51. The molecule has 6 rings (SSSR count). The molecule has 3 aromatic rings. The maximum Gasteiger partial charge on any atom is 0.392 e. The number of fused-ring (bicyclic) bond motifs is 4. The largest absolute Gasteiger partial charge is 0.497 e. The van der Waals surface area contributed by atoms with Gasteiger partial charge in [-0.25, -0.2) is 4.68 Å². The number of aryl methyl sites for hydroxylation is 1. The van der Waals surface area contributed by atoms with Gasteiger partial charge in [0.25, 0.3) is 0 Å². The molecule has 1 N–H and O–H groups in total. The van der Waals surface area contributed by atoms with Gasteiger partial charge in [-0.05, 0) is 86.6 Å². The fraction of sp³-hybridized carbons (Fsp3) is 0.382. The average Bonchev–Trinajstić information content (AvgIpc) is 3.39. The molecule has 0 radical (unpaired) electrons. The fourth-order valence-electron chi connectivity index (χ4n) is 7.20. The fourth-order valence-corrected chi connectivity index (χ4v) is 7.20. The third-order valence-corrected chi connectivity index (χ3v) is 9.51. The highest BCUT2D eigenvalue weighted by molar-refractivity contribution is 5.99. The number of benzene rings is 2. The van der Waals surface area contributed by atoms with Gasteiger partial charge in [0, 0.05) is 11.0 Å². The molecule has 1 unspecified atom stereocenters. The summed E-state index contributed by atoms with van der Waals surface area (Å²) in [6.07, 6.45) is 2.51. The molecule has 9 heteroatoms. The van der Waals surface area contributed by atoms with Crippen LogP contribution in [-0.2, 0) is 11.2 Å². The standard InChI is InChI=1S/C34H34F3N3O3/c1-20-4-9-24(10-5-20)40-29-16-23-8-13-26-27(33(23,2)17-22(29)18-39-40)14-15-28(34(35,36)37)31(26)32(42)38-19-30(41)21-6-11-25(43-3)12-7-21/h4-7,9-12,14,16,18,26,28,31H,8,13,15,17,19H2,1-3H3,(H,38,42)/t26?,28-,31-,33+/m1/s1. The van der Waals surface area contributed by atoms with Crippen LogP contribution in [0, 0.1) is 30.1 Å². The number of hydrogen-bond acceptors (Lipinski definition) is 4. The quantitative estimate of drug-likeness (QED) is 0.258. The number of Topliss-reactive ketones (excluding diaryl/α,β-unsaturated/α-hetero) is 1. The number of ether oxygens (including phenoxy) is 1. The second-order valence-corrected chi connectivity index (χ2v) is 12.1. The Labute approximate surface area is 248 Å². The summed E-state index contributed by atoms with van der Waals surface area (Å²) in [7, 11) is 1.51. The zero-order chi connectivity index (χ0) is 30.5. The number of ketones is 1. The lowest BCUT2D eigenvalue weighted by molar-refractivity contribution is -0.197. The number of methoxy groups -OCH3 is 1. The summed E-state index contributed by atoms with van der Waals surface area (Å²) in [4.78, 5) is 26.3. The van der Waals surface area contributed by atoms with E-state index in [-0.39, 0.29) is 18.7 Å². The molecule has 1 saturated carbocycles. The van der Waals surface area contributed by atoms with E-state index in [0.717, 1.165) is 33.7 Å². The number of hydrogen-bond donors (Lipinski definition) is 1. The van der Waals surface area contributed by atoms with E-state index in [9.17, 15) is 22.8 Å². The van der Waals surface area contributed by atoms with Crippen molar-refractivity contribution in [3.8, 4) is 11.4 Å². The second-order valence-electron chi connectivity index (χ2n) is 12.1. The Kier molecular flexibility index (Phi) is 7.30. The number of aromatic nitrogens is 2. The molecular weight excluding hydrogens is 555 g/mol. The number of allylic oxidation sites excluding steroid dienone is 3. The van der Waals surface area contributed by atoms with E-state index in [2.05, 4.69) is 23.4 Å². The van der Waals surface area contributed by atoms with Gasteiger partial charge in [-0.1, -0.05) is 41.8 Å². The van der Waals surface area contributed by atoms with Crippen molar-refractivity contribution in [2.24, 2.45) is 23.2 Å². The minimum atomic E-state index is -4.55. The van der Waals surface area contributed by atoms with Crippen LogP contribution in [-0.4, -0.2) is 41.3 Å². The van der Waals surface area contributed by atoms with Gasteiger partial charge >= 0.3 is 6.18 Å². The van der Waals surface area contributed by atoms with Crippen molar-refractivity contribution in [3.05, 3.63) is 94.3 Å². The molecule has 0 saturated heterocycles. The molecule has 224 valence electrons. The van der Waals surface area contributed by atoms with Crippen LogP contribution in [0.5, 0.6) is 5.75 Å². The van der Waals surface area contributed by atoms with Crippen molar-refractivity contribution >= 4 is 17.8 Å². The first-order valence-electron chi connectivity index (χ1n) is 14.6. The van der Waals surface area contributed by atoms with Crippen LogP contribution in [0.15, 0.2) is 72.0 Å². The van der Waals surface area contributed by atoms with Gasteiger partial charge in [-0.2, -0.15) is 18.3 Å².